The van der Waals surface area contributed by atoms with Crippen LogP contribution in [-0.4, -0.2) is 42.7 Å². The Bertz CT molecular complexity index is 1240. The summed E-state index contributed by atoms with van der Waals surface area (Å²) in [6.07, 6.45) is 6.22. The summed E-state index contributed by atoms with van der Waals surface area (Å²) in [6, 6.07) is 8.65. The van der Waals surface area contributed by atoms with Crippen molar-refractivity contribution in [3.8, 4) is 16.9 Å². The topological polar surface area (TPSA) is 102 Å². The molecule has 2 heterocycles. The van der Waals surface area contributed by atoms with Crippen LogP contribution >= 0.6 is 11.6 Å². The predicted molar refractivity (Wildman–Crippen MR) is 114 cm³/mol. The van der Waals surface area contributed by atoms with Gasteiger partial charge in [-0.3, -0.25) is 4.79 Å². The van der Waals surface area contributed by atoms with Crippen molar-refractivity contribution in [2.75, 3.05) is 11.9 Å². The lowest BCUT2D eigenvalue weighted by Gasteiger charge is -2.12. The molecule has 0 aliphatic rings. The average molecular weight is 460 g/mol. The van der Waals surface area contributed by atoms with Crippen molar-refractivity contribution in [3.05, 3.63) is 67.0 Å². The minimum Gasteiger partial charge on any atom is -0.420 e. The number of benzene rings is 2. The number of anilines is 1. The number of rotatable bonds is 7. The normalized spacial score (nSPS) is 11.5. The molecule has 8 nitrogen and oxygen atoms in total. The molecule has 0 radical (unpaired) electrons. The number of nitrogens with zero attached hydrogens (tertiary/aromatic N) is 4. The molecule has 32 heavy (non-hydrogen) atoms. The van der Waals surface area contributed by atoms with E-state index in [9.17, 15) is 18.7 Å². The first-order valence-electron chi connectivity index (χ1n) is 9.36. The summed E-state index contributed by atoms with van der Waals surface area (Å²) in [6.45, 7) is 0.256. The van der Waals surface area contributed by atoms with E-state index in [1.54, 1.807) is 35.4 Å². The van der Waals surface area contributed by atoms with E-state index in [1.807, 2.05) is 0 Å². The fraction of sp³-hybridized carbons (Fsp3) is 0.143. The van der Waals surface area contributed by atoms with Gasteiger partial charge in [0.2, 0.25) is 0 Å². The highest BCUT2D eigenvalue weighted by molar-refractivity contribution is 6.20. The first-order chi connectivity index (χ1) is 15.3. The third-order valence-electron chi connectivity index (χ3n) is 4.53. The molecule has 0 aliphatic heterocycles. The van der Waals surface area contributed by atoms with Crippen LogP contribution in [0.15, 0.2) is 61.4 Å². The Kier molecular flexibility index (Phi) is 5.97. The highest BCUT2D eigenvalue weighted by Gasteiger charge is 2.27. The lowest BCUT2D eigenvalue weighted by atomic mass is 10.0. The number of halogens is 3. The largest absolute Gasteiger partial charge is 0.487 e. The molecule has 2 N–H and O–H groups in total. The second kappa shape index (κ2) is 8.85. The minimum absolute atomic E-state index is 0.0756. The molecule has 0 fully saturated rings. The SMILES string of the molecule is O=C(Nc1ccc(OC(F)(F)Cl)cc1)c1cc(-c2cncnc2)c2c(c1)ncn2CCO. The lowest BCUT2D eigenvalue weighted by Crippen LogP contribution is -2.16. The molecule has 0 saturated carbocycles. The van der Waals surface area contributed by atoms with E-state index in [0.29, 0.717) is 34.4 Å². The van der Waals surface area contributed by atoms with E-state index in [4.69, 9.17) is 11.6 Å². The van der Waals surface area contributed by atoms with Crippen LogP contribution in [0, 0.1) is 0 Å². The zero-order chi connectivity index (χ0) is 22.7. The number of ether oxygens (including phenoxy) is 1. The quantitative estimate of drug-likeness (QED) is 0.406. The van der Waals surface area contributed by atoms with Crippen molar-refractivity contribution in [2.45, 2.75) is 12.1 Å². The van der Waals surface area contributed by atoms with Crippen molar-refractivity contribution in [2.24, 2.45) is 0 Å². The summed E-state index contributed by atoms with van der Waals surface area (Å²) in [5.74, 6) is -0.580. The number of carbonyl (C=O) groups is 1. The van der Waals surface area contributed by atoms with E-state index in [1.165, 1.54) is 30.6 Å². The second-order valence-electron chi connectivity index (χ2n) is 6.71. The molecule has 164 valence electrons. The van der Waals surface area contributed by atoms with E-state index >= 15 is 0 Å². The maximum absolute atomic E-state index is 12.9. The van der Waals surface area contributed by atoms with Crippen molar-refractivity contribution in [1.82, 2.24) is 19.5 Å². The molecule has 0 spiro atoms. The zero-order valence-electron chi connectivity index (χ0n) is 16.4. The average Bonchev–Trinajstić information content (AvgIpc) is 3.17. The van der Waals surface area contributed by atoms with E-state index in [0.717, 1.165) is 5.52 Å². The van der Waals surface area contributed by atoms with Gasteiger partial charge < -0.3 is 19.7 Å². The smallest absolute Gasteiger partial charge is 0.420 e. The number of fused-ring (bicyclic) bond motifs is 1. The third kappa shape index (κ3) is 4.82. The standard InChI is InChI=1S/C21H16ClF2N5O3/c22-21(23,24)32-16-3-1-15(2-4-16)28-20(31)13-7-17(14-9-25-11-26-10-14)19-18(8-13)27-12-29(19)5-6-30/h1-4,7-12,30H,5-6H2,(H,28,31). The van der Waals surface area contributed by atoms with Crippen LogP contribution in [-0.2, 0) is 6.54 Å². The molecular formula is C21H16ClF2N5O3. The Morgan fingerprint density at radius 1 is 1.19 bits per heavy atom. The number of aliphatic hydroxyl groups is 1. The van der Waals surface area contributed by atoms with Crippen LogP contribution in [0.25, 0.3) is 22.2 Å². The summed E-state index contributed by atoms with van der Waals surface area (Å²) < 4.78 is 31.5. The predicted octanol–water partition coefficient (Wildman–Crippen LogP) is 3.91. The fourth-order valence-electron chi connectivity index (χ4n) is 3.22. The van der Waals surface area contributed by atoms with Crippen LogP contribution < -0.4 is 10.1 Å². The highest BCUT2D eigenvalue weighted by Crippen LogP contribution is 2.30. The van der Waals surface area contributed by atoms with Gasteiger partial charge in [0.15, 0.2) is 0 Å². The van der Waals surface area contributed by atoms with E-state index in [2.05, 4.69) is 25.0 Å². The van der Waals surface area contributed by atoms with Gasteiger partial charge in [-0.05, 0) is 36.4 Å². The number of nitrogens with one attached hydrogen (secondary N) is 1. The second-order valence-corrected chi connectivity index (χ2v) is 7.15. The number of hydrogen-bond donors (Lipinski definition) is 2. The first kappa shape index (κ1) is 21.6. The molecule has 0 atom stereocenters. The summed E-state index contributed by atoms with van der Waals surface area (Å²) in [5, 5.41) is 12.1. The number of aromatic nitrogens is 4. The van der Waals surface area contributed by atoms with Crippen molar-refractivity contribution in [1.29, 1.82) is 0 Å². The summed E-state index contributed by atoms with van der Waals surface area (Å²) in [7, 11) is 0. The number of carbonyl (C=O) groups excluding carboxylic acids is 1. The molecule has 0 unspecified atom stereocenters. The Labute approximate surface area is 185 Å². The molecule has 2 aromatic heterocycles. The van der Waals surface area contributed by atoms with Gasteiger partial charge >= 0.3 is 5.57 Å². The van der Waals surface area contributed by atoms with Crippen LogP contribution in [0.3, 0.4) is 0 Å². The van der Waals surface area contributed by atoms with Crippen molar-refractivity contribution in [3.63, 3.8) is 0 Å². The molecule has 2 aromatic carbocycles. The Morgan fingerprint density at radius 2 is 1.91 bits per heavy atom. The van der Waals surface area contributed by atoms with Gasteiger partial charge in [0.25, 0.3) is 5.91 Å². The molecular weight excluding hydrogens is 444 g/mol. The maximum atomic E-state index is 12.9. The molecule has 11 heteroatoms. The first-order valence-corrected chi connectivity index (χ1v) is 9.74. The molecule has 4 aromatic rings. The summed E-state index contributed by atoms with van der Waals surface area (Å²) in [5.41, 5.74) is -0.500. The third-order valence-corrected chi connectivity index (χ3v) is 4.61. The van der Waals surface area contributed by atoms with Gasteiger partial charge in [-0.15, -0.1) is 8.78 Å². The van der Waals surface area contributed by atoms with E-state index in [-0.39, 0.29) is 12.4 Å². The van der Waals surface area contributed by atoms with Gasteiger partial charge in [0.05, 0.1) is 24.0 Å². The summed E-state index contributed by atoms with van der Waals surface area (Å²) >= 11 is 4.75. The number of alkyl halides is 3. The molecule has 1 amide bonds. The van der Waals surface area contributed by atoms with Gasteiger partial charge in [-0.1, -0.05) is 0 Å². The van der Waals surface area contributed by atoms with Gasteiger partial charge in [0, 0.05) is 52.9 Å². The Balaban J connectivity index is 1.66. The van der Waals surface area contributed by atoms with Gasteiger partial charge in [-0.25, -0.2) is 15.0 Å². The van der Waals surface area contributed by atoms with Crippen molar-refractivity contribution < 1.29 is 23.4 Å². The lowest BCUT2D eigenvalue weighted by molar-refractivity contribution is -0.0964. The fourth-order valence-corrected chi connectivity index (χ4v) is 3.31. The highest BCUT2D eigenvalue weighted by atomic mass is 35.5. The van der Waals surface area contributed by atoms with Gasteiger partial charge in [0.1, 0.15) is 12.1 Å². The van der Waals surface area contributed by atoms with Crippen LogP contribution in [0.4, 0.5) is 14.5 Å². The number of aliphatic hydroxyl groups excluding tert-OH is 1. The molecule has 0 aliphatic carbocycles. The molecule has 0 saturated heterocycles. The Morgan fingerprint density at radius 3 is 2.56 bits per heavy atom. The van der Waals surface area contributed by atoms with Crippen LogP contribution in [0.1, 0.15) is 10.4 Å². The zero-order valence-corrected chi connectivity index (χ0v) is 17.1. The number of amides is 1. The van der Waals surface area contributed by atoms with Gasteiger partial charge in [-0.2, -0.15) is 0 Å². The minimum atomic E-state index is -3.82. The van der Waals surface area contributed by atoms with Crippen LogP contribution in [0.5, 0.6) is 5.75 Å². The van der Waals surface area contributed by atoms with Crippen LogP contribution in [0.2, 0.25) is 0 Å². The van der Waals surface area contributed by atoms with Crippen molar-refractivity contribution >= 4 is 34.2 Å². The summed E-state index contributed by atoms with van der Waals surface area (Å²) in [4.78, 5) is 25.3. The molecule has 4 rings (SSSR count). The maximum Gasteiger partial charge on any atom is 0.487 e. The molecule has 0 bridgehead atoms. The van der Waals surface area contributed by atoms with E-state index < -0.39 is 11.5 Å². The number of hydrogen-bond acceptors (Lipinski definition) is 6. The number of imidazole rings is 1. The monoisotopic (exact) mass is 459 g/mol. The Hall–Kier alpha value is -3.63.